The van der Waals surface area contributed by atoms with Gasteiger partial charge in [0, 0.05) is 38.6 Å². The van der Waals surface area contributed by atoms with E-state index in [0.29, 0.717) is 18.8 Å². The summed E-state index contributed by atoms with van der Waals surface area (Å²) in [6.07, 6.45) is 4.45. The fourth-order valence-electron chi connectivity index (χ4n) is 2.06. The predicted molar refractivity (Wildman–Crippen MR) is 81.9 cm³/mol. The van der Waals surface area contributed by atoms with Crippen molar-refractivity contribution in [1.29, 1.82) is 0 Å². The normalized spacial score (nSPS) is 10.7. The molecule has 2 rings (SSSR count). The molecule has 0 unspecified atom stereocenters. The van der Waals surface area contributed by atoms with Crippen molar-refractivity contribution in [1.82, 2.24) is 9.55 Å². The molecule has 0 saturated heterocycles. The van der Waals surface area contributed by atoms with Gasteiger partial charge in [0.1, 0.15) is 5.82 Å². The number of nitrogens with zero attached hydrogens (tertiary/aromatic N) is 3. The van der Waals surface area contributed by atoms with Crippen LogP contribution in [0.3, 0.4) is 0 Å². The molecule has 0 aliphatic carbocycles. The van der Waals surface area contributed by atoms with Crippen molar-refractivity contribution >= 4 is 11.4 Å². The molecule has 2 N–H and O–H groups in total. The van der Waals surface area contributed by atoms with E-state index in [9.17, 15) is 4.39 Å². The zero-order valence-electron chi connectivity index (χ0n) is 12.6. The number of aryl methyl sites for hydroxylation is 1. The maximum atomic E-state index is 13.8. The molecule has 0 aliphatic rings. The highest BCUT2D eigenvalue weighted by molar-refractivity contribution is 5.69. The number of imidazole rings is 1. The van der Waals surface area contributed by atoms with E-state index < -0.39 is 5.82 Å². The van der Waals surface area contributed by atoms with E-state index >= 15 is 0 Å². The largest absolute Gasteiger partial charge is 0.490 e. The first kappa shape index (κ1) is 15.2. The topological polar surface area (TPSA) is 56.3 Å². The number of hydrogen-bond acceptors (Lipinski definition) is 4. The molecule has 0 radical (unpaired) electrons. The maximum Gasteiger partial charge on any atom is 0.167 e. The molecule has 0 atom stereocenters. The Kier molecular flexibility index (Phi) is 4.67. The van der Waals surface area contributed by atoms with E-state index in [4.69, 9.17) is 10.5 Å². The molecular weight excluding hydrogens is 271 g/mol. The van der Waals surface area contributed by atoms with Crippen LogP contribution in [-0.4, -0.2) is 23.2 Å². The average molecular weight is 292 g/mol. The van der Waals surface area contributed by atoms with Gasteiger partial charge >= 0.3 is 0 Å². The van der Waals surface area contributed by atoms with Gasteiger partial charge in [0.2, 0.25) is 0 Å². The molecule has 6 heteroatoms. The molecule has 0 amide bonds. The third-order valence-corrected chi connectivity index (χ3v) is 3.25. The second-order valence-corrected chi connectivity index (χ2v) is 5.00. The average Bonchev–Trinajstić information content (AvgIpc) is 2.83. The fourth-order valence-corrected chi connectivity index (χ4v) is 2.06. The first-order valence-corrected chi connectivity index (χ1v) is 6.92. The van der Waals surface area contributed by atoms with Gasteiger partial charge in [-0.05, 0) is 6.42 Å². The summed E-state index contributed by atoms with van der Waals surface area (Å²) in [4.78, 5) is 6.20. The predicted octanol–water partition coefficient (Wildman–Crippen LogP) is 2.57. The Bertz CT molecular complexity index is 612. The van der Waals surface area contributed by atoms with Gasteiger partial charge in [-0.2, -0.15) is 0 Å². The van der Waals surface area contributed by atoms with Gasteiger partial charge in [0.15, 0.2) is 11.6 Å². The van der Waals surface area contributed by atoms with Gasteiger partial charge in [-0.3, -0.25) is 0 Å². The molecule has 1 aromatic carbocycles. The van der Waals surface area contributed by atoms with Crippen molar-refractivity contribution in [3.05, 3.63) is 36.2 Å². The van der Waals surface area contributed by atoms with Crippen LogP contribution in [-0.2, 0) is 13.6 Å². The van der Waals surface area contributed by atoms with Gasteiger partial charge in [-0.1, -0.05) is 6.92 Å². The van der Waals surface area contributed by atoms with Crippen molar-refractivity contribution in [3.63, 3.8) is 0 Å². The van der Waals surface area contributed by atoms with Crippen molar-refractivity contribution < 1.29 is 9.13 Å². The minimum atomic E-state index is -0.435. The van der Waals surface area contributed by atoms with Crippen molar-refractivity contribution in [2.75, 3.05) is 24.3 Å². The molecule has 0 aliphatic heterocycles. The number of hydrogen-bond donors (Lipinski definition) is 1. The second kappa shape index (κ2) is 6.47. The van der Waals surface area contributed by atoms with Gasteiger partial charge < -0.3 is 19.9 Å². The Hall–Kier alpha value is -2.24. The number of halogens is 1. The van der Waals surface area contributed by atoms with E-state index in [0.717, 1.165) is 17.9 Å². The minimum Gasteiger partial charge on any atom is -0.490 e. The minimum absolute atomic E-state index is 0.229. The number of rotatable bonds is 6. The van der Waals surface area contributed by atoms with Crippen LogP contribution < -0.4 is 15.4 Å². The lowest BCUT2D eigenvalue weighted by atomic mass is 10.2. The van der Waals surface area contributed by atoms with Crippen LogP contribution >= 0.6 is 0 Å². The van der Waals surface area contributed by atoms with Crippen LogP contribution in [0.5, 0.6) is 5.75 Å². The van der Waals surface area contributed by atoms with E-state index in [1.54, 1.807) is 12.3 Å². The van der Waals surface area contributed by atoms with Crippen LogP contribution in [0.1, 0.15) is 19.2 Å². The standard InChI is InChI=1S/C15H21FN4O/c1-4-7-21-14-9-13(12(17)8-11(14)16)20(3)10-15-18-5-6-19(15)2/h5-6,8-9H,4,7,10,17H2,1-3H3. The molecule has 2 aromatic rings. The number of benzene rings is 1. The Morgan fingerprint density at radius 1 is 1.43 bits per heavy atom. The lowest BCUT2D eigenvalue weighted by molar-refractivity contribution is 0.301. The number of ether oxygens (including phenoxy) is 1. The summed E-state index contributed by atoms with van der Waals surface area (Å²) in [5.74, 6) is 0.695. The van der Waals surface area contributed by atoms with Crippen LogP contribution in [0.4, 0.5) is 15.8 Å². The number of aromatic nitrogens is 2. The summed E-state index contributed by atoms with van der Waals surface area (Å²) in [6, 6.07) is 2.94. The molecular formula is C15H21FN4O. The zero-order chi connectivity index (χ0) is 15.4. The number of anilines is 2. The zero-order valence-corrected chi connectivity index (χ0v) is 12.6. The Labute approximate surface area is 124 Å². The first-order chi connectivity index (χ1) is 10.0. The fraction of sp³-hybridized carbons (Fsp3) is 0.400. The van der Waals surface area contributed by atoms with Crippen LogP contribution in [0, 0.1) is 5.82 Å². The highest BCUT2D eigenvalue weighted by Gasteiger charge is 2.14. The van der Waals surface area contributed by atoms with E-state index in [1.807, 2.05) is 36.7 Å². The Balaban J connectivity index is 2.23. The van der Waals surface area contributed by atoms with Gasteiger partial charge in [-0.25, -0.2) is 9.37 Å². The molecule has 0 fully saturated rings. The van der Waals surface area contributed by atoms with Gasteiger partial charge in [-0.15, -0.1) is 0 Å². The highest BCUT2D eigenvalue weighted by atomic mass is 19.1. The van der Waals surface area contributed by atoms with E-state index in [1.165, 1.54) is 6.07 Å². The van der Waals surface area contributed by atoms with Crippen LogP contribution in [0.25, 0.3) is 0 Å². The Morgan fingerprint density at radius 2 is 2.19 bits per heavy atom. The van der Waals surface area contributed by atoms with Gasteiger partial charge in [0.05, 0.1) is 24.5 Å². The first-order valence-electron chi connectivity index (χ1n) is 6.92. The number of nitrogen functional groups attached to an aromatic ring is 1. The van der Waals surface area contributed by atoms with E-state index in [-0.39, 0.29) is 5.75 Å². The van der Waals surface area contributed by atoms with Crippen LogP contribution in [0.15, 0.2) is 24.5 Å². The van der Waals surface area contributed by atoms with Crippen molar-refractivity contribution in [2.24, 2.45) is 7.05 Å². The third kappa shape index (κ3) is 3.45. The van der Waals surface area contributed by atoms with Crippen LogP contribution in [0.2, 0.25) is 0 Å². The van der Waals surface area contributed by atoms with Crippen molar-refractivity contribution in [3.8, 4) is 5.75 Å². The van der Waals surface area contributed by atoms with Gasteiger partial charge in [0.25, 0.3) is 0 Å². The summed E-state index contributed by atoms with van der Waals surface area (Å²) in [6.45, 7) is 3.03. The SMILES string of the molecule is CCCOc1cc(N(C)Cc2nccn2C)c(N)cc1F. The van der Waals surface area contributed by atoms with Crippen molar-refractivity contribution in [2.45, 2.75) is 19.9 Å². The molecule has 5 nitrogen and oxygen atoms in total. The molecule has 0 spiro atoms. The summed E-state index contributed by atoms with van der Waals surface area (Å²) in [7, 11) is 3.82. The molecule has 0 bridgehead atoms. The molecule has 21 heavy (non-hydrogen) atoms. The second-order valence-electron chi connectivity index (χ2n) is 5.00. The lowest BCUT2D eigenvalue weighted by Crippen LogP contribution is -2.20. The molecule has 0 saturated carbocycles. The Morgan fingerprint density at radius 3 is 2.81 bits per heavy atom. The molecule has 1 aromatic heterocycles. The third-order valence-electron chi connectivity index (χ3n) is 3.25. The summed E-state index contributed by atoms with van der Waals surface area (Å²) in [5.41, 5.74) is 7.03. The maximum absolute atomic E-state index is 13.8. The monoisotopic (exact) mass is 292 g/mol. The smallest absolute Gasteiger partial charge is 0.167 e. The summed E-state index contributed by atoms with van der Waals surface area (Å²) >= 11 is 0. The lowest BCUT2D eigenvalue weighted by Gasteiger charge is -2.22. The number of nitrogens with two attached hydrogens (primary N) is 1. The summed E-state index contributed by atoms with van der Waals surface area (Å²) in [5, 5.41) is 0. The highest BCUT2D eigenvalue weighted by Crippen LogP contribution is 2.31. The molecule has 114 valence electrons. The summed E-state index contributed by atoms with van der Waals surface area (Å²) < 4.78 is 21.2. The quantitative estimate of drug-likeness (QED) is 0.831. The molecule has 1 heterocycles. The van der Waals surface area contributed by atoms with E-state index in [2.05, 4.69) is 4.98 Å².